The molecule has 0 amide bonds. The highest BCUT2D eigenvalue weighted by Gasteiger charge is 2.34. The number of methoxy groups -OCH3 is 1. The van der Waals surface area contributed by atoms with Gasteiger partial charge >= 0.3 is 0 Å². The van der Waals surface area contributed by atoms with E-state index in [1.54, 1.807) is 18.0 Å². The van der Waals surface area contributed by atoms with E-state index in [9.17, 15) is 0 Å². The lowest BCUT2D eigenvalue weighted by Gasteiger charge is -2.29. The third-order valence-corrected chi connectivity index (χ3v) is 6.86. The molecule has 174 valence electrons. The molecule has 6 heteroatoms. The third-order valence-electron chi connectivity index (χ3n) is 6.86. The van der Waals surface area contributed by atoms with Gasteiger partial charge in [0.25, 0.3) is 0 Å². The number of fused-ring (bicyclic) bond motifs is 6. The minimum Gasteiger partial charge on any atom is -0.497 e. The summed E-state index contributed by atoms with van der Waals surface area (Å²) >= 11 is 0. The first-order chi connectivity index (χ1) is 17.7. The molecule has 1 aliphatic heterocycles. The molecular formula is C30H22N4O2. The van der Waals surface area contributed by atoms with E-state index in [-0.39, 0.29) is 5.92 Å². The zero-order valence-electron chi connectivity index (χ0n) is 19.8. The highest BCUT2D eigenvalue weighted by atomic mass is 16.5. The van der Waals surface area contributed by atoms with Gasteiger partial charge in [0.1, 0.15) is 17.8 Å². The third kappa shape index (κ3) is 3.15. The van der Waals surface area contributed by atoms with Crippen molar-refractivity contribution >= 4 is 16.4 Å². The van der Waals surface area contributed by atoms with Crippen molar-refractivity contribution in [1.29, 1.82) is 0 Å². The Hall–Kier alpha value is -4.71. The number of hydrogen-bond acceptors (Lipinski definition) is 5. The lowest BCUT2D eigenvalue weighted by atomic mass is 9.81. The van der Waals surface area contributed by atoms with Crippen molar-refractivity contribution in [2.75, 3.05) is 7.11 Å². The van der Waals surface area contributed by atoms with Crippen LogP contribution in [0.5, 0.6) is 17.4 Å². The van der Waals surface area contributed by atoms with Crippen LogP contribution in [-0.2, 0) is 0 Å². The number of ether oxygens (including phenoxy) is 2. The number of rotatable bonds is 3. The first-order valence-electron chi connectivity index (χ1n) is 11.9. The van der Waals surface area contributed by atoms with E-state index in [0.717, 1.165) is 50.2 Å². The van der Waals surface area contributed by atoms with Crippen LogP contribution in [0.3, 0.4) is 0 Å². The molecule has 6 nitrogen and oxygen atoms in total. The van der Waals surface area contributed by atoms with Gasteiger partial charge in [0, 0.05) is 17.0 Å². The molecule has 3 heterocycles. The van der Waals surface area contributed by atoms with Gasteiger partial charge in [-0.2, -0.15) is 0 Å². The van der Waals surface area contributed by atoms with Gasteiger partial charge in [-0.25, -0.2) is 14.5 Å². The Morgan fingerprint density at radius 1 is 0.861 bits per heavy atom. The molecular weight excluding hydrogens is 448 g/mol. The van der Waals surface area contributed by atoms with E-state index >= 15 is 0 Å². The molecule has 0 aliphatic carbocycles. The summed E-state index contributed by atoms with van der Waals surface area (Å²) in [5.41, 5.74) is 5.99. The van der Waals surface area contributed by atoms with E-state index in [1.807, 2.05) is 30.3 Å². The minimum atomic E-state index is -0.146. The largest absolute Gasteiger partial charge is 0.497 e. The van der Waals surface area contributed by atoms with E-state index < -0.39 is 0 Å². The summed E-state index contributed by atoms with van der Waals surface area (Å²) in [7, 11) is 1.68. The second kappa shape index (κ2) is 7.92. The highest BCUT2D eigenvalue weighted by Crippen LogP contribution is 2.50. The fraction of sp³-hybridized carbons (Fsp3) is 0.100. The van der Waals surface area contributed by atoms with Crippen molar-refractivity contribution in [3.8, 4) is 28.8 Å². The summed E-state index contributed by atoms with van der Waals surface area (Å²) in [4.78, 5) is 9.67. The number of benzene rings is 4. The van der Waals surface area contributed by atoms with Crippen LogP contribution in [0.25, 0.3) is 27.8 Å². The summed E-state index contributed by atoms with van der Waals surface area (Å²) in [6, 6.07) is 28.9. The topological polar surface area (TPSA) is 61.5 Å². The Labute approximate surface area is 207 Å². The molecule has 1 unspecified atom stereocenters. The van der Waals surface area contributed by atoms with Crippen LogP contribution >= 0.6 is 0 Å². The molecule has 0 bridgehead atoms. The Balaban J connectivity index is 1.51. The fourth-order valence-corrected chi connectivity index (χ4v) is 5.06. The van der Waals surface area contributed by atoms with Crippen LogP contribution in [0.4, 0.5) is 0 Å². The monoisotopic (exact) mass is 470 g/mol. The molecule has 1 aliphatic rings. The van der Waals surface area contributed by atoms with Crippen molar-refractivity contribution in [3.63, 3.8) is 0 Å². The molecule has 2 aromatic heterocycles. The van der Waals surface area contributed by atoms with Crippen LogP contribution in [0, 0.1) is 6.92 Å². The fourth-order valence-electron chi connectivity index (χ4n) is 5.06. The van der Waals surface area contributed by atoms with Crippen LogP contribution in [-0.4, -0.2) is 26.7 Å². The summed E-state index contributed by atoms with van der Waals surface area (Å²) < 4.78 is 13.6. The average molecular weight is 471 g/mol. The first kappa shape index (κ1) is 20.6. The summed E-state index contributed by atoms with van der Waals surface area (Å²) in [5.74, 6) is 2.67. The van der Waals surface area contributed by atoms with E-state index in [1.165, 1.54) is 5.56 Å². The van der Waals surface area contributed by atoms with Crippen LogP contribution in [0.15, 0.2) is 91.3 Å². The lowest BCUT2D eigenvalue weighted by molar-refractivity contribution is 0.414. The van der Waals surface area contributed by atoms with Gasteiger partial charge in [-0.1, -0.05) is 72.3 Å². The van der Waals surface area contributed by atoms with Crippen molar-refractivity contribution in [2.45, 2.75) is 12.8 Å². The standard InChI is InChI=1S/C30H22N4O2/c1-18-7-9-21(10-8-18)28-32-29-27-25(20-11-14-22(35-2)15-12-20)26-23-6-4-3-5-19(23)13-16-24(26)36-30(27)31-17-34(29)33-28/h3-17,25H,1-2H3. The van der Waals surface area contributed by atoms with Gasteiger partial charge in [0.2, 0.25) is 5.88 Å². The second-order valence-electron chi connectivity index (χ2n) is 9.04. The van der Waals surface area contributed by atoms with Gasteiger partial charge in [0.15, 0.2) is 11.5 Å². The van der Waals surface area contributed by atoms with E-state index in [2.05, 4.69) is 66.5 Å². The van der Waals surface area contributed by atoms with Gasteiger partial charge < -0.3 is 9.47 Å². The van der Waals surface area contributed by atoms with Gasteiger partial charge in [-0.05, 0) is 41.5 Å². The summed E-state index contributed by atoms with van der Waals surface area (Å²) in [6.07, 6.45) is 1.68. The molecule has 1 atom stereocenters. The molecule has 36 heavy (non-hydrogen) atoms. The average Bonchev–Trinajstić information content (AvgIpc) is 3.37. The number of hydrogen-bond donors (Lipinski definition) is 0. The molecule has 0 spiro atoms. The number of aromatic nitrogens is 4. The number of aryl methyl sites for hydroxylation is 1. The normalized spacial score (nSPS) is 14.3. The Morgan fingerprint density at radius 3 is 2.47 bits per heavy atom. The maximum atomic E-state index is 6.40. The van der Waals surface area contributed by atoms with Crippen LogP contribution < -0.4 is 9.47 Å². The van der Waals surface area contributed by atoms with Crippen molar-refractivity contribution in [1.82, 2.24) is 19.6 Å². The first-order valence-corrected chi connectivity index (χ1v) is 11.9. The molecule has 7 rings (SSSR count). The molecule has 0 N–H and O–H groups in total. The molecule has 4 aromatic carbocycles. The van der Waals surface area contributed by atoms with Crippen LogP contribution in [0.2, 0.25) is 0 Å². The summed E-state index contributed by atoms with van der Waals surface area (Å²) in [5, 5.41) is 7.06. The lowest BCUT2D eigenvalue weighted by Crippen LogP contribution is -2.15. The zero-order valence-corrected chi connectivity index (χ0v) is 19.8. The second-order valence-corrected chi connectivity index (χ2v) is 9.04. The van der Waals surface area contributed by atoms with E-state index in [4.69, 9.17) is 19.6 Å². The Morgan fingerprint density at radius 2 is 1.67 bits per heavy atom. The van der Waals surface area contributed by atoms with E-state index in [0.29, 0.717) is 11.7 Å². The quantitative estimate of drug-likeness (QED) is 0.293. The van der Waals surface area contributed by atoms with Gasteiger partial charge in [-0.3, -0.25) is 0 Å². The Bertz CT molecular complexity index is 1760. The molecule has 0 radical (unpaired) electrons. The minimum absolute atomic E-state index is 0.146. The van der Waals surface area contributed by atoms with Crippen molar-refractivity contribution in [2.24, 2.45) is 0 Å². The molecule has 6 aromatic rings. The highest BCUT2D eigenvalue weighted by molar-refractivity contribution is 5.91. The van der Waals surface area contributed by atoms with Gasteiger partial charge in [0.05, 0.1) is 12.7 Å². The molecule has 0 saturated heterocycles. The molecule has 0 saturated carbocycles. The van der Waals surface area contributed by atoms with Crippen molar-refractivity contribution in [3.05, 3.63) is 114 Å². The predicted molar refractivity (Wildman–Crippen MR) is 139 cm³/mol. The van der Waals surface area contributed by atoms with Crippen molar-refractivity contribution < 1.29 is 9.47 Å². The summed E-state index contributed by atoms with van der Waals surface area (Å²) in [6.45, 7) is 2.07. The zero-order chi connectivity index (χ0) is 24.2. The SMILES string of the molecule is COc1ccc(C2c3c(ccc4ccccc34)Oc3ncn4nc(-c5ccc(C)cc5)nc4c32)cc1. The number of nitrogens with zero attached hydrogens (tertiary/aromatic N) is 4. The smallest absolute Gasteiger partial charge is 0.228 e. The van der Waals surface area contributed by atoms with Crippen LogP contribution in [0.1, 0.15) is 28.2 Å². The maximum absolute atomic E-state index is 6.40. The van der Waals surface area contributed by atoms with Gasteiger partial charge in [-0.15, -0.1) is 5.10 Å². The predicted octanol–water partition coefficient (Wildman–Crippen LogP) is 6.55. The maximum Gasteiger partial charge on any atom is 0.228 e. The Kier molecular flexibility index (Phi) is 4.54. The molecule has 0 fully saturated rings.